The molecule has 0 fully saturated rings. The highest BCUT2D eigenvalue weighted by Crippen LogP contribution is 2.04. The Bertz CT molecular complexity index is 233. The van der Waals surface area contributed by atoms with E-state index < -0.39 is 0 Å². The highest BCUT2D eigenvalue weighted by Gasteiger charge is 1.96. The van der Waals surface area contributed by atoms with E-state index in [1.54, 1.807) is 0 Å². The molecule has 0 atom stereocenters. The van der Waals surface area contributed by atoms with Crippen LogP contribution in [-0.2, 0) is 6.61 Å². The fraction of sp³-hybridized carbons (Fsp3) is 0.167. The molecule has 0 radical (unpaired) electrons. The molecule has 0 aliphatic heterocycles. The minimum atomic E-state index is -0.151. The van der Waals surface area contributed by atoms with Gasteiger partial charge in [-0.05, 0) is 6.07 Å². The van der Waals surface area contributed by atoms with Gasteiger partial charge in [-0.2, -0.15) is 5.26 Å². The largest absolute Gasteiger partial charge is 0.465 e. The Morgan fingerprint density at radius 2 is 2.56 bits per heavy atom. The molecule has 0 unspecified atom stereocenters. The van der Waals surface area contributed by atoms with Gasteiger partial charge in [0.15, 0.2) is 0 Å². The minimum absolute atomic E-state index is 0.151. The van der Waals surface area contributed by atoms with Crippen molar-refractivity contribution in [2.24, 2.45) is 0 Å². The van der Waals surface area contributed by atoms with Gasteiger partial charge in [-0.25, -0.2) is 0 Å². The third kappa shape index (κ3) is 1.09. The number of rotatable bonds is 1. The SMILES string of the molecule is N#Cc1coc(CO)c1. The van der Waals surface area contributed by atoms with Gasteiger partial charge in [-0.1, -0.05) is 0 Å². The second-order valence-electron chi connectivity index (χ2n) is 1.57. The Kier molecular flexibility index (Phi) is 1.52. The average Bonchev–Trinajstić information content (AvgIpc) is 2.34. The van der Waals surface area contributed by atoms with Gasteiger partial charge in [-0.15, -0.1) is 0 Å². The predicted octanol–water partition coefficient (Wildman–Crippen LogP) is 0.644. The van der Waals surface area contributed by atoms with Crippen molar-refractivity contribution in [1.82, 2.24) is 0 Å². The Morgan fingerprint density at radius 3 is 2.89 bits per heavy atom. The summed E-state index contributed by atoms with van der Waals surface area (Å²) in [7, 11) is 0. The van der Waals surface area contributed by atoms with Gasteiger partial charge in [0.1, 0.15) is 24.7 Å². The summed E-state index contributed by atoms with van der Waals surface area (Å²) in [5.74, 6) is 0.423. The number of nitriles is 1. The van der Waals surface area contributed by atoms with E-state index in [4.69, 9.17) is 14.8 Å². The van der Waals surface area contributed by atoms with Gasteiger partial charge >= 0.3 is 0 Å². The van der Waals surface area contributed by atoms with Crippen LogP contribution in [-0.4, -0.2) is 5.11 Å². The Labute approximate surface area is 52.1 Å². The van der Waals surface area contributed by atoms with Crippen LogP contribution in [0.2, 0.25) is 0 Å². The first-order chi connectivity index (χ1) is 4.36. The van der Waals surface area contributed by atoms with Crippen molar-refractivity contribution in [2.75, 3.05) is 0 Å². The molecule has 0 spiro atoms. The summed E-state index contributed by atoms with van der Waals surface area (Å²) in [6.07, 6.45) is 1.31. The van der Waals surface area contributed by atoms with E-state index in [0.29, 0.717) is 11.3 Å². The summed E-state index contributed by atoms with van der Waals surface area (Å²) in [6, 6.07) is 3.38. The standard InChI is InChI=1S/C6H5NO2/c7-2-5-1-6(3-8)9-4-5/h1,4,8H,3H2. The second kappa shape index (κ2) is 2.33. The molecule has 46 valence electrons. The van der Waals surface area contributed by atoms with E-state index in [9.17, 15) is 0 Å². The molecule has 0 aliphatic carbocycles. The number of aliphatic hydroxyl groups excluding tert-OH is 1. The van der Waals surface area contributed by atoms with E-state index in [1.807, 2.05) is 6.07 Å². The van der Waals surface area contributed by atoms with Crippen LogP contribution < -0.4 is 0 Å². The molecule has 9 heavy (non-hydrogen) atoms. The third-order valence-electron chi connectivity index (χ3n) is 0.939. The maximum absolute atomic E-state index is 8.44. The smallest absolute Gasteiger partial charge is 0.130 e. The second-order valence-corrected chi connectivity index (χ2v) is 1.57. The molecular weight excluding hydrogens is 118 g/mol. The minimum Gasteiger partial charge on any atom is -0.465 e. The van der Waals surface area contributed by atoms with E-state index in [2.05, 4.69) is 0 Å². The number of hydrogen-bond donors (Lipinski definition) is 1. The Balaban J connectivity index is 2.90. The topological polar surface area (TPSA) is 57.2 Å². The summed E-state index contributed by atoms with van der Waals surface area (Å²) < 4.78 is 4.73. The van der Waals surface area contributed by atoms with Crippen LogP contribution in [0, 0.1) is 11.3 Å². The zero-order chi connectivity index (χ0) is 6.69. The van der Waals surface area contributed by atoms with Gasteiger partial charge in [0, 0.05) is 0 Å². The quantitative estimate of drug-likeness (QED) is 0.596. The fourth-order valence-corrected chi connectivity index (χ4v) is 0.522. The van der Waals surface area contributed by atoms with Crippen LogP contribution >= 0.6 is 0 Å². The van der Waals surface area contributed by atoms with Gasteiger partial charge in [-0.3, -0.25) is 0 Å². The molecule has 3 nitrogen and oxygen atoms in total. The highest BCUT2D eigenvalue weighted by atomic mass is 16.4. The first-order valence-electron chi connectivity index (χ1n) is 2.45. The number of hydrogen-bond acceptors (Lipinski definition) is 3. The molecule has 1 N–H and O–H groups in total. The molecule has 0 aliphatic rings. The zero-order valence-corrected chi connectivity index (χ0v) is 4.66. The van der Waals surface area contributed by atoms with Crippen molar-refractivity contribution in [1.29, 1.82) is 5.26 Å². The van der Waals surface area contributed by atoms with E-state index >= 15 is 0 Å². The molecule has 0 aromatic carbocycles. The number of nitrogens with zero attached hydrogens (tertiary/aromatic N) is 1. The van der Waals surface area contributed by atoms with E-state index in [0.717, 1.165) is 0 Å². The molecule has 1 heterocycles. The summed E-state index contributed by atoms with van der Waals surface area (Å²) in [5, 5.41) is 16.7. The van der Waals surface area contributed by atoms with Gasteiger partial charge in [0.2, 0.25) is 0 Å². The lowest BCUT2D eigenvalue weighted by molar-refractivity contribution is 0.247. The molecule has 0 bridgehead atoms. The van der Waals surface area contributed by atoms with Crippen molar-refractivity contribution in [3.8, 4) is 6.07 Å². The van der Waals surface area contributed by atoms with Crippen LogP contribution in [0.1, 0.15) is 11.3 Å². The molecule has 1 rings (SSSR count). The lowest BCUT2D eigenvalue weighted by Crippen LogP contribution is -1.73. The normalized spacial score (nSPS) is 8.89. The van der Waals surface area contributed by atoms with Crippen LogP contribution in [0.15, 0.2) is 16.7 Å². The lowest BCUT2D eigenvalue weighted by atomic mass is 10.3. The molecule has 3 heteroatoms. The van der Waals surface area contributed by atoms with Crippen molar-refractivity contribution in [2.45, 2.75) is 6.61 Å². The molecule has 0 amide bonds. The van der Waals surface area contributed by atoms with Gasteiger partial charge < -0.3 is 9.52 Å². The molecule has 0 saturated carbocycles. The van der Waals surface area contributed by atoms with Crippen molar-refractivity contribution in [3.05, 3.63) is 23.7 Å². The Morgan fingerprint density at radius 1 is 1.78 bits per heavy atom. The maximum Gasteiger partial charge on any atom is 0.130 e. The van der Waals surface area contributed by atoms with Crippen molar-refractivity contribution in [3.63, 3.8) is 0 Å². The van der Waals surface area contributed by atoms with Crippen LogP contribution in [0.5, 0.6) is 0 Å². The molecular formula is C6H5NO2. The lowest BCUT2D eigenvalue weighted by Gasteiger charge is -1.79. The first kappa shape index (κ1) is 5.86. The van der Waals surface area contributed by atoms with Crippen molar-refractivity contribution < 1.29 is 9.52 Å². The summed E-state index contributed by atoms with van der Waals surface area (Å²) in [6.45, 7) is -0.151. The van der Waals surface area contributed by atoms with E-state index in [-0.39, 0.29) is 6.61 Å². The summed E-state index contributed by atoms with van der Waals surface area (Å²) >= 11 is 0. The molecule has 1 aromatic heterocycles. The van der Waals surface area contributed by atoms with E-state index in [1.165, 1.54) is 12.3 Å². The summed E-state index contributed by atoms with van der Waals surface area (Å²) in [5.41, 5.74) is 0.444. The number of aliphatic hydroxyl groups is 1. The Hall–Kier alpha value is -1.27. The van der Waals surface area contributed by atoms with Gasteiger partial charge in [0.25, 0.3) is 0 Å². The third-order valence-corrected chi connectivity index (χ3v) is 0.939. The van der Waals surface area contributed by atoms with Crippen LogP contribution in [0.25, 0.3) is 0 Å². The molecule has 1 aromatic rings. The van der Waals surface area contributed by atoms with Crippen LogP contribution in [0.3, 0.4) is 0 Å². The first-order valence-corrected chi connectivity index (χ1v) is 2.45. The van der Waals surface area contributed by atoms with Crippen molar-refractivity contribution >= 4 is 0 Å². The predicted molar refractivity (Wildman–Crippen MR) is 29.3 cm³/mol. The monoisotopic (exact) mass is 123 g/mol. The van der Waals surface area contributed by atoms with Crippen LogP contribution in [0.4, 0.5) is 0 Å². The van der Waals surface area contributed by atoms with Gasteiger partial charge in [0.05, 0.1) is 5.56 Å². The average molecular weight is 123 g/mol. The molecule has 0 saturated heterocycles. The fourth-order valence-electron chi connectivity index (χ4n) is 0.522. The highest BCUT2D eigenvalue weighted by molar-refractivity contribution is 5.25. The summed E-state index contributed by atoms with van der Waals surface area (Å²) in [4.78, 5) is 0. The maximum atomic E-state index is 8.44. The number of furan rings is 1. The zero-order valence-electron chi connectivity index (χ0n) is 4.66.